The average molecular weight is 304 g/mol. The second-order valence-electron chi connectivity index (χ2n) is 4.86. The van der Waals surface area contributed by atoms with Crippen molar-refractivity contribution in [2.24, 2.45) is 7.05 Å². The summed E-state index contributed by atoms with van der Waals surface area (Å²) < 4.78 is 20.4. The number of amides is 1. The molecular formula is C16H17FN2O3. The quantitative estimate of drug-likeness (QED) is 0.911. The Morgan fingerprint density at radius 2 is 2.05 bits per heavy atom. The molecule has 0 aliphatic carbocycles. The van der Waals surface area contributed by atoms with Gasteiger partial charge in [0.2, 0.25) is 5.43 Å². The smallest absolute Gasteiger partial charge is 0.258 e. The van der Waals surface area contributed by atoms with Gasteiger partial charge in [-0.05, 0) is 13.0 Å². The highest BCUT2D eigenvalue weighted by molar-refractivity contribution is 5.77. The molecule has 0 aliphatic heterocycles. The normalized spacial score (nSPS) is 10.3. The molecule has 1 amide bonds. The first-order valence-corrected chi connectivity index (χ1v) is 6.78. The van der Waals surface area contributed by atoms with E-state index in [1.165, 1.54) is 12.1 Å². The first-order valence-electron chi connectivity index (χ1n) is 6.78. The van der Waals surface area contributed by atoms with Crippen molar-refractivity contribution in [3.8, 4) is 5.75 Å². The minimum absolute atomic E-state index is 0.0701. The molecular weight excluding hydrogens is 287 g/mol. The molecule has 116 valence electrons. The van der Waals surface area contributed by atoms with Gasteiger partial charge in [-0.25, -0.2) is 4.39 Å². The van der Waals surface area contributed by atoms with Gasteiger partial charge in [-0.15, -0.1) is 0 Å². The molecule has 0 saturated heterocycles. The molecule has 1 N–H and O–H groups in total. The van der Waals surface area contributed by atoms with E-state index < -0.39 is 5.91 Å². The van der Waals surface area contributed by atoms with Crippen LogP contribution < -0.4 is 15.5 Å². The van der Waals surface area contributed by atoms with E-state index in [0.29, 0.717) is 11.3 Å². The third-order valence-corrected chi connectivity index (χ3v) is 3.31. The molecule has 0 fully saturated rings. The SMILES string of the molecule is Cc1c(OCC(=O)NCc2ccccc2F)c(=O)ccn1C. The molecule has 0 aliphatic rings. The zero-order chi connectivity index (χ0) is 16.1. The maximum Gasteiger partial charge on any atom is 0.258 e. The van der Waals surface area contributed by atoms with Crippen molar-refractivity contribution in [2.75, 3.05) is 6.61 Å². The van der Waals surface area contributed by atoms with Crippen LogP contribution in [0.25, 0.3) is 0 Å². The van der Waals surface area contributed by atoms with Crippen LogP contribution in [0.3, 0.4) is 0 Å². The van der Waals surface area contributed by atoms with Crippen molar-refractivity contribution < 1.29 is 13.9 Å². The van der Waals surface area contributed by atoms with Crippen LogP contribution in [0.15, 0.2) is 41.3 Å². The van der Waals surface area contributed by atoms with Crippen LogP contribution >= 0.6 is 0 Å². The van der Waals surface area contributed by atoms with Gasteiger partial charge in [0.1, 0.15) is 5.82 Å². The van der Waals surface area contributed by atoms with E-state index in [9.17, 15) is 14.0 Å². The molecule has 2 rings (SSSR count). The number of pyridine rings is 1. The Morgan fingerprint density at radius 3 is 2.77 bits per heavy atom. The number of nitrogens with one attached hydrogen (secondary N) is 1. The molecule has 1 aromatic heterocycles. The number of ether oxygens (including phenoxy) is 1. The fraction of sp³-hybridized carbons (Fsp3) is 0.250. The van der Waals surface area contributed by atoms with Gasteiger partial charge in [-0.2, -0.15) is 0 Å². The molecule has 1 aromatic carbocycles. The zero-order valence-corrected chi connectivity index (χ0v) is 12.4. The van der Waals surface area contributed by atoms with E-state index in [4.69, 9.17) is 4.74 Å². The molecule has 1 heterocycles. The van der Waals surface area contributed by atoms with Gasteiger partial charge in [0.15, 0.2) is 12.4 Å². The summed E-state index contributed by atoms with van der Waals surface area (Å²) >= 11 is 0. The number of rotatable bonds is 5. The predicted octanol–water partition coefficient (Wildman–Crippen LogP) is 1.53. The molecule has 2 aromatic rings. The molecule has 6 heteroatoms. The second kappa shape index (κ2) is 6.89. The van der Waals surface area contributed by atoms with Crippen molar-refractivity contribution in [3.05, 3.63) is 63.8 Å². The highest BCUT2D eigenvalue weighted by atomic mass is 19.1. The number of halogens is 1. The summed E-state index contributed by atoms with van der Waals surface area (Å²) in [4.78, 5) is 23.5. The Morgan fingerprint density at radius 1 is 1.32 bits per heavy atom. The molecule has 0 spiro atoms. The van der Waals surface area contributed by atoms with E-state index in [0.717, 1.165) is 0 Å². The van der Waals surface area contributed by atoms with E-state index in [1.807, 2.05) is 0 Å². The van der Waals surface area contributed by atoms with Crippen LogP contribution in [0.1, 0.15) is 11.3 Å². The largest absolute Gasteiger partial charge is 0.478 e. The molecule has 0 radical (unpaired) electrons. The Bertz CT molecular complexity index is 740. The van der Waals surface area contributed by atoms with Gasteiger partial charge >= 0.3 is 0 Å². The highest BCUT2D eigenvalue weighted by Gasteiger charge is 2.10. The van der Waals surface area contributed by atoms with Crippen molar-refractivity contribution >= 4 is 5.91 Å². The Balaban J connectivity index is 1.93. The lowest BCUT2D eigenvalue weighted by atomic mass is 10.2. The Hall–Kier alpha value is -2.63. The lowest BCUT2D eigenvalue weighted by molar-refractivity contribution is -0.123. The number of aromatic nitrogens is 1. The second-order valence-corrected chi connectivity index (χ2v) is 4.86. The van der Waals surface area contributed by atoms with E-state index >= 15 is 0 Å². The van der Waals surface area contributed by atoms with Gasteiger partial charge in [0.25, 0.3) is 5.91 Å². The van der Waals surface area contributed by atoms with Crippen LogP contribution in [0.5, 0.6) is 5.75 Å². The minimum atomic E-state index is -0.423. The average Bonchev–Trinajstić information content (AvgIpc) is 2.50. The summed E-state index contributed by atoms with van der Waals surface area (Å²) in [5, 5.41) is 2.55. The van der Waals surface area contributed by atoms with Gasteiger partial charge < -0.3 is 14.6 Å². The van der Waals surface area contributed by atoms with Crippen LogP contribution in [0.2, 0.25) is 0 Å². The summed E-state index contributed by atoms with van der Waals surface area (Å²) in [6, 6.07) is 7.57. The lowest BCUT2D eigenvalue weighted by Gasteiger charge is -2.11. The van der Waals surface area contributed by atoms with Gasteiger partial charge in [0, 0.05) is 31.4 Å². The lowest BCUT2D eigenvalue weighted by Crippen LogP contribution is -2.30. The summed E-state index contributed by atoms with van der Waals surface area (Å²) in [6.07, 6.45) is 1.63. The monoisotopic (exact) mass is 304 g/mol. The predicted molar refractivity (Wildman–Crippen MR) is 80.2 cm³/mol. The fourth-order valence-corrected chi connectivity index (χ4v) is 1.91. The minimum Gasteiger partial charge on any atom is -0.478 e. The third kappa shape index (κ3) is 3.72. The van der Waals surface area contributed by atoms with Crippen LogP contribution in [0.4, 0.5) is 4.39 Å². The summed E-state index contributed by atoms with van der Waals surface area (Å²) in [7, 11) is 1.78. The van der Waals surface area contributed by atoms with E-state index in [-0.39, 0.29) is 30.1 Å². The Kier molecular flexibility index (Phi) is 4.93. The van der Waals surface area contributed by atoms with Crippen LogP contribution in [0, 0.1) is 12.7 Å². The molecule has 0 saturated carbocycles. The summed E-state index contributed by atoms with van der Waals surface area (Å²) in [5.41, 5.74) is 0.745. The van der Waals surface area contributed by atoms with Crippen molar-refractivity contribution in [1.29, 1.82) is 0 Å². The standard InChI is InChI=1S/C16H17FN2O3/c1-11-16(14(20)7-8-19(11)2)22-10-15(21)18-9-12-5-3-4-6-13(12)17/h3-8H,9-10H2,1-2H3,(H,18,21). The number of carbonyl (C=O) groups is 1. The number of carbonyl (C=O) groups excluding carboxylic acids is 1. The number of hydrogen-bond donors (Lipinski definition) is 1. The number of nitrogens with zero attached hydrogens (tertiary/aromatic N) is 1. The van der Waals surface area contributed by atoms with Crippen LogP contribution in [-0.4, -0.2) is 17.1 Å². The van der Waals surface area contributed by atoms with Crippen LogP contribution in [-0.2, 0) is 18.4 Å². The summed E-state index contributed by atoms with van der Waals surface area (Å²) in [6.45, 7) is 1.50. The highest BCUT2D eigenvalue weighted by Crippen LogP contribution is 2.10. The molecule has 0 unspecified atom stereocenters. The Labute approximate surface area is 127 Å². The van der Waals surface area contributed by atoms with Gasteiger partial charge in [-0.3, -0.25) is 9.59 Å². The maximum absolute atomic E-state index is 13.4. The molecule has 0 bridgehead atoms. The molecule has 5 nitrogen and oxygen atoms in total. The maximum atomic E-state index is 13.4. The number of aryl methyl sites for hydroxylation is 1. The van der Waals surface area contributed by atoms with Crippen molar-refractivity contribution in [2.45, 2.75) is 13.5 Å². The van der Waals surface area contributed by atoms with Crippen molar-refractivity contribution in [1.82, 2.24) is 9.88 Å². The van der Waals surface area contributed by atoms with Crippen molar-refractivity contribution in [3.63, 3.8) is 0 Å². The number of benzene rings is 1. The van der Waals surface area contributed by atoms with Gasteiger partial charge in [0.05, 0.1) is 5.69 Å². The fourth-order valence-electron chi connectivity index (χ4n) is 1.91. The third-order valence-electron chi connectivity index (χ3n) is 3.31. The first-order chi connectivity index (χ1) is 10.5. The topological polar surface area (TPSA) is 60.3 Å². The van der Waals surface area contributed by atoms with Gasteiger partial charge in [-0.1, -0.05) is 18.2 Å². The molecule has 22 heavy (non-hydrogen) atoms. The zero-order valence-electron chi connectivity index (χ0n) is 12.4. The number of hydrogen-bond acceptors (Lipinski definition) is 3. The summed E-state index contributed by atoms with van der Waals surface area (Å²) in [5.74, 6) is -0.656. The first kappa shape index (κ1) is 15.8. The molecule has 0 atom stereocenters. The van der Waals surface area contributed by atoms with E-state index in [2.05, 4.69) is 5.32 Å². The van der Waals surface area contributed by atoms with E-state index in [1.54, 1.807) is 42.9 Å².